The maximum absolute atomic E-state index is 12.4. The lowest BCUT2D eigenvalue weighted by molar-refractivity contribution is 0.482. The number of nitrogens with zero attached hydrogens (tertiary/aromatic N) is 4. The van der Waals surface area contributed by atoms with E-state index >= 15 is 0 Å². The van der Waals surface area contributed by atoms with Crippen LogP contribution in [0, 0.1) is 6.92 Å². The van der Waals surface area contributed by atoms with Gasteiger partial charge in [-0.3, -0.25) is 4.72 Å². The molecule has 0 saturated carbocycles. The highest BCUT2D eigenvalue weighted by Crippen LogP contribution is 2.24. The molecule has 0 unspecified atom stereocenters. The van der Waals surface area contributed by atoms with Gasteiger partial charge in [0.15, 0.2) is 0 Å². The zero-order chi connectivity index (χ0) is 21.2. The molecule has 29 heavy (non-hydrogen) atoms. The van der Waals surface area contributed by atoms with E-state index in [1.807, 2.05) is 31.2 Å². The number of anilines is 1. The van der Waals surface area contributed by atoms with Crippen molar-refractivity contribution in [1.82, 2.24) is 18.5 Å². The van der Waals surface area contributed by atoms with Crippen molar-refractivity contribution in [2.45, 2.75) is 12.1 Å². The van der Waals surface area contributed by atoms with Crippen molar-refractivity contribution < 1.29 is 21.6 Å². The van der Waals surface area contributed by atoms with Gasteiger partial charge in [-0.25, -0.2) is 4.98 Å². The molecule has 2 aromatic carbocycles. The molecule has 0 atom stereocenters. The van der Waals surface area contributed by atoms with E-state index in [2.05, 4.69) is 14.8 Å². The van der Waals surface area contributed by atoms with Gasteiger partial charge in [0, 0.05) is 19.8 Å². The first-order chi connectivity index (χ1) is 13.6. The molecule has 1 aromatic heterocycles. The van der Waals surface area contributed by atoms with Crippen LogP contribution in [-0.2, 0) is 20.2 Å². The second-order valence-electron chi connectivity index (χ2n) is 6.24. The predicted octanol–water partition coefficient (Wildman–Crippen LogP) is 1.83. The van der Waals surface area contributed by atoms with Crippen LogP contribution in [0.5, 0.6) is 11.5 Å². The SMILES string of the molecule is Cc1cccc(Oc2ccc(NS(=O)(=O)c3ncn(S(=O)(=O)N(C)C)n3)cc2)c1. The number of sulfonamides is 1. The molecular formula is C17H19N5O5S2. The van der Waals surface area contributed by atoms with Crippen LogP contribution in [0.1, 0.15) is 5.56 Å². The molecule has 1 heterocycles. The Labute approximate surface area is 169 Å². The van der Waals surface area contributed by atoms with Gasteiger partial charge in [-0.15, -0.1) is 9.19 Å². The van der Waals surface area contributed by atoms with Gasteiger partial charge in [-0.2, -0.15) is 21.1 Å². The normalized spacial score (nSPS) is 12.1. The molecule has 12 heteroatoms. The Morgan fingerprint density at radius 3 is 2.31 bits per heavy atom. The number of aromatic nitrogens is 3. The maximum Gasteiger partial charge on any atom is 0.323 e. The summed E-state index contributed by atoms with van der Waals surface area (Å²) < 4.78 is 58.3. The molecule has 0 amide bonds. The van der Waals surface area contributed by atoms with Crippen molar-refractivity contribution >= 4 is 25.9 Å². The van der Waals surface area contributed by atoms with E-state index in [1.54, 1.807) is 12.1 Å². The third kappa shape index (κ3) is 4.72. The highest BCUT2D eigenvalue weighted by molar-refractivity contribution is 7.92. The lowest BCUT2D eigenvalue weighted by Crippen LogP contribution is -2.29. The Kier molecular flexibility index (Phi) is 5.59. The first-order valence-electron chi connectivity index (χ1n) is 8.30. The summed E-state index contributed by atoms with van der Waals surface area (Å²) in [7, 11) is -5.54. The molecular weight excluding hydrogens is 418 g/mol. The van der Waals surface area contributed by atoms with Crippen LogP contribution >= 0.6 is 0 Å². The number of hydrogen-bond acceptors (Lipinski definition) is 7. The maximum atomic E-state index is 12.4. The first-order valence-corrected chi connectivity index (χ1v) is 11.2. The van der Waals surface area contributed by atoms with Gasteiger partial charge in [0.05, 0.1) is 0 Å². The molecule has 3 rings (SSSR count). The van der Waals surface area contributed by atoms with Gasteiger partial charge < -0.3 is 4.74 Å². The minimum atomic E-state index is -4.17. The Morgan fingerprint density at radius 2 is 1.69 bits per heavy atom. The number of ether oxygens (including phenoxy) is 1. The average molecular weight is 438 g/mol. The van der Waals surface area contributed by atoms with Crippen molar-refractivity contribution in [2.75, 3.05) is 18.8 Å². The monoisotopic (exact) mass is 437 g/mol. The van der Waals surface area contributed by atoms with Gasteiger partial charge in [-0.05, 0) is 48.9 Å². The van der Waals surface area contributed by atoms with Crippen LogP contribution in [0.15, 0.2) is 60.0 Å². The summed E-state index contributed by atoms with van der Waals surface area (Å²) in [5, 5.41) is 2.89. The molecule has 10 nitrogen and oxygen atoms in total. The van der Waals surface area contributed by atoms with Gasteiger partial charge in [0.1, 0.15) is 17.8 Å². The van der Waals surface area contributed by atoms with Gasteiger partial charge in [0.25, 0.3) is 15.2 Å². The van der Waals surface area contributed by atoms with Crippen molar-refractivity contribution in [3.8, 4) is 11.5 Å². The van der Waals surface area contributed by atoms with E-state index in [9.17, 15) is 16.8 Å². The molecule has 0 aliphatic carbocycles. The van der Waals surface area contributed by atoms with Crippen LogP contribution in [0.2, 0.25) is 0 Å². The Balaban J connectivity index is 1.75. The zero-order valence-corrected chi connectivity index (χ0v) is 17.5. The molecule has 0 fully saturated rings. The quantitative estimate of drug-likeness (QED) is 0.598. The number of hydrogen-bond donors (Lipinski definition) is 1. The molecule has 0 aliphatic rings. The van der Waals surface area contributed by atoms with E-state index in [-0.39, 0.29) is 5.69 Å². The fraction of sp³-hybridized carbons (Fsp3) is 0.176. The summed E-state index contributed by atoms with van der Waals surface area (Å²) in [6.45, 7) is 1.95. The number of rotatable bonds is 7. The zero-order valence-electron chi connectivity index (χ0n) is 15.8. The number of benzene rings is 2. The molecule has 3 aromatic rings. The smallest absolute Gasteiger partial charge is 0.323 e. The fourth-order valence-corrected chi connectivity index (χ4v) is 3.90. The van der Waals surface area contributed by atoms with Crippen LogP contribution in [0.4, 0.5) is 5.69 Å². The van der Waals surface area contributed by atoms with E-state index in [1.165, 1.54) is 26.2 Å². The second-order valence-corrected chi connectivity index (χ2v) is 9.81. The number of aryl methyl sites for hydroxylation is 1. The van der Waals surface area contributed by atoms with Gasteiger partial charge >= 0.3 is 10.2 Å². The lowest BCUT2D eigenvalue weighted by Gasteiger charge is -2.10. The van der Waals surface area contributed by atoms with E-state index < -0.39 is 25.4 Å². The highest BCUT2D eigenvalue weighted by Gasteiger charge is 2.24. The Bertz CT molecular complexity index is 1220. The van der Waals surface area contributed by atoms with Crippen LogP contribution in [-0.4, -0.2) is 49.4 Å². The van der Waals surface area contributed by atoms with Crippen molar-refractivity contribution in [2.24, 2.45) is 0 Å². The molecule has 0 spiro atoms. The van der Waals surface area contributed by atoms with Crippen molar-refractivity contribution in [1.29, 1.82) is 0 Å². The first kappa shape index (κ1) is 20.8. The average Bonchev–Trinajstić information content (AvgIpc) is 3.15. The van der Waals surface area contributed by atoms with Crippen molar-refractivity contribution in [3.63, 3.8) is 0 Å². The fourth-order valence-electron chi connectivity index (χ4n) is 2.24. The van der Waals surface area contributed by atoms with E-state index in [4.69, 9.17) is 4.74 Å². The topological polar surface area (TPSA) is 123 Å². The minimum absolute atomic E-state index is 0.244. The largest absolute Gasteiger partial charge is 0.457 e. The van der Waals surface area contributed by atoms with Crippen LogP contribution in [0.3, 0.4) is 0 Å². The van der Waals surface area contributed by atoms with Crippen LogP contribution < -0.4 is 9.46 Å². The Morgan fingerprint density at radius 1 is 1.00 bits per heavy atom. The molecule has 1 N–H and O–H groups in total. The molecule has 0 radical (unpaired) electrons. The summed E-state index contributed by atoms with van der Waals surface area (Å²) in [5.74, 6) is 1.19. The third-order valence-electron chi connectivity index (χ3n) is 3.72. The molecule has 154 valence electrons. The van der Waals surface area contributed by atoms with E-state index in [0.717, 1.165) is 16.2 Å². The van der Waals surface area contributed by atoms with Crippen LogP contribution in [0.25, 0.3) is 0 Å². The summed E-state index contributed by atoms with van der Waals surface area (Å²) >= 11 is 0. The number of nitrogens with one attached hydrogen (secondary N) is 1. The standard InChI is InChI=1S/C17H19N5O5S2/c1-13-5-4-6-16(11-13)27-15-9-7-14(8-10-15)20-28(23,24)17-18-12-22(19-17)29(25,26)21(2)3/h4-12,20H,1-3H3. The predicted molar refractivity (Wildman–Crippen MR) is 107 cm³/mol. The second kappa shape index (κ2) is 7.81. The van der Waals surface area contributed by atoms with Gasteiger partial charge in [0.2, 0.25) is 0 Å². The summed E-state index contributed by atoms with van der Waals surface area (Å²) in [4.78, 5) is 3.59. The summed E-state index contributed by atoms with van der Waals surface area (Å²) in [6, 6.07) is 13.7. The lowest BCUT2D eigenvalue weighted by atomic mass is 10.2. The van der Waals surface area contributed by atoms with Gasteiger partial charge in [-0.1, -0.05) is 12.1 Å². The summed E-state index contributed by atoms with van der Waals surface area (Å²) in [6.07, 6.45) is 0.822. The minimum Gasteiger partial charge on any atom is -0.457 e. The molecule has 0 saturated heterocycles. The Hall–Kier alpha value is -2.96. The molecule has 0 aliphatic heterocycles. The highest BCUT2D eigenvalue weighted by atomic mass is 32.2. The van der Waals surface area contributed by atoms with Crippen molar-refractivity contribution in [3.05, 3.63) is 60.4 Å². The summed E-state index contributed by atoms with van der Waals surface area (Å²) in [5.41, 5.74) is 1.29. The third-order valence-corrected chi connectivity index (χ3v) is 6.46. The van der Waals surface area contributed by atoms with E-state index in [0.29, 0.717) is 15.6 Å². The molecule has 0 bridgehead atoms.